The number of fused-ring (bicyclic) bond motifs is 3. The molecule has 0 fully saturated rings. The van der Waals surface area contributed by atoms with Gasteiger partial charge in [-0.25, -0.2) is 4.39 Å². The van der Waals surface area contributed by atoms with E-state index in [9.17, 15) is 9.18 Å². The molecule has 0 unspecified atom stereocenters. The lowest BCUT2D eigenvalue weighted by Gasteiger charge is -2.10. The van der Waals surface area contributed by atoms with E-state index >= 15 is 0 Å². The molecule has 3 aromatic carbocycles. The van der Waals surface area contributed by atoms with Crippen LogP contribution in [0.2, 0.25) is 5.02 Å². The Morgan fingerprint density at radius 3 is 2.65 bits per heavy atom. The predicted molar refractivity (Wildman–Crippen MR) is 103 cm³/mol. The number of rotatable bonds is 3. The number of nitrogens with two attached hydrogens (primary N) is 1. The fraction of sp³-hybridized carbons (Fsp3) is 0.0952. The summed E-state index contributed by atoms with van der Waals surface area (Å²) in [5.74, 6) is -0.910. The summed E-state index contributed by atoms with van der Waals surface area (Å²) in [6.07, 6.45) is 0. The molecule has 0 aliphatic rings. The van der Waals surface area contributed by atoms with E-state index in [4.69, 9.17) is 17.3 Å². The van der Waals surface area contributed by atoms with Crippen molar-refractivity contribution in [3.8, 4) is 0 Å². The summed E-state index contributed by atoms with van der Waals surface area (Å²) in [6, 6.07) is 16.4. The zero-order valence-corrected chi connectivity index (χ0v) is 14.8. The molecule has 1 heterocycles. The van der Waals surface area contributed by atoms with E-state index in [-0.39, 0.29) is 5.02 Å². The number of primary amides is 1. The van der Waals surface area contributed by atoms with Crippen LogP contribution >= 0.6 is 11.6 Å². The Morgan fingerprint density at radius 2 is 1.88 bits per heavy atom. The number of carbonyl (C=O) groups is 1. The third-order valence-corrected chi connectivity index (χ3v) is 4.96. The second-order valence-corrected chi connectivity index (χ2v) is 6.79. The molecule has 0 saturated carbocycles. The molecule has 0 radical (unpaired) electrons. The summed E-state index contributed by atoms with van der Waals surface area (Å²) in [5, 5.41) is 1.80. The summed E-state index contributed by atoms with van der Waals surface area (Å²) < 4.78 is 16.5. The Balaban J connectivity index is 2.07. The lowest BCUT2D eigenvalue weighted by atomic mass is 10.1. The molecular weight excluding hydrogens is 351 g/mol. The molecule has 130 valence electrons. The maximum atomic E-state index is 14.5. The Kier molecular flexibility index (Phi) is 3.93. The molecule has 1 amide bonds. The van der Waals surface area contributed by atoms with Gasteiger partial charge in [0.15, 0.2) is 0 Å². The van der Waals surface area contributed by atoms with E-state index in [0.717, 1.165) is 27.4 Å². The van der Waals surface area contributed by atoms with Crippen molar-refractivity contribution < 1.29 is 9.18 Å². The van der Waals surface area contributed by atoms with E-state index in [1.54, 1.807) is 24.3 Å². The number of hydrogen-bond acceptors (Lipinski definition) is 1. The van der Waals surface area contributed by atoms with Gasteiger partial charge < -0.3 is 10.3 Å². The highest BCUT2D eigenvalue weighted by atomic mass is 35.5. The third kappa shape index (κ3) is 2.54. The van der Waals surface area contributed by atoms with Gasteiger partial charge >= 0.3 is 0 Å². The summed E-state index contributed by atoms with van der Waals surface area (Å²) in [7, 11) is 0. The Bertz CT molecular complexity index is 1180. The second-order valence-electron chi connectivity index (χ2n) is 6.38. The zero-order valence-electron chi connectivity index (χ0n) is 14.1. The summed E-state index contributed by atoms with van der Waals surface area (Å²) in [5.41, 5.74) is 9.37. The summed E-state index contributed by atoms with van der Waals surface area (Å²) in [4.78, 5) is 11.9. The van der Waals surface area contributed by atoms with Gasteiger partial charge in [-0.2, -0.15) is 0 Å². The third-order valence-electron chi connectivity index (χ3n) is 4.67. The normalized spacial score (nSPS) is 11.3. The summed E-state index contributed by atoms with van der Waals surface area (Å²) >= 11 is 5.94. The predicted octanol–water partition coefficient (Wildman–Crippen LogP) is 5.04. The van der Waals surface area contributed by atoms with Crippen LogP contribution in [-0.2, 0) is 6.54 Å². The maximum Gasteiger partial charge on any atom is 0.249 e. The Labute approximate surface area is 154 Å². The van der Waals surface area contributed by atoms with Gasteiger partial charge in [0.2, 0.25) is 5.91 Å². The standard InChI is InChI=1S/C21H16ClFN2O/c1-12-8-9-14-18(10-12)25(11-13-4-2-6-16(22)20(13)23)17-7-3-5-15(19(14)17)21(24)26/h2-10H,11H2,1H3,(H2,24,26). The van der Waals surface area contributed by atoms with E-state index in [2.05, 4.69) is 0 Å². The van der Waals surface area contributed by atoms with Crippen molar-refractivity contribution in [2.24, 2.45) is 5.73 Å². The van der Waals surface area contributed by atoms with Crippen molar-refractivity contribution >= 4 is 39.3 Å². The Morgan fingerprint density at radius 1 is 1.12 bits per heavy atom. The molecule has 0 aliphatic heterocycles. The van der Waals surface area contributed by atoms with E-state index in [1.807, 2.05) is 35.8 Å². The van der Waals surface area contributed by atoms with Gasteiger partial charge in [-0.15, -0.1) is 0 Å². The quantitative estimate of drug-likeness (QED) is 0.542. The molecule has 0 aliphatic carbocycles. The van der Waals surface area contributed by atoms with Gasteiger partial charge in [0, 0.05) is 27.4 Å². The first-order chi connectivity index (χ1) is 12.5. The van der Waals surface area contributed by atoms with Crippen LogP contribution in [0.15, 0.2) is 54.6 Å². The van der Waals surface area contributed by atoms with Crippen molar-refractivity contribution in [3.05, 3.63) is 82.1 Å². The molecule has 1 aromatic heterocycles. The maximum absolute atomic E-state index is 14.5. The fourth-order valence-corrected chi connectivity index (χ4v) is 3.66. The molecule has 4 aromatic rings. The molecule has 4 rings (SSSR count). The van der Waals surface area contributed by atoms with E-state index in [0.29, 0.717) is 17.7 Å². The smallest absolute Gasteiger partial charge is 0.249 e. The van der Waals surface area contributed by atoms with Crippen molar-refractivity contribution in [3.63, 3.8) is 0 Å². The van der Waals surface area contributed by atoms with Gasteiger partial charge in [0.05, 0.1) is 17.1 Å². The van der Waals surface area contributed by atoms with E-state index < -0.39 is 11.7 Å². The van der Waals surface area contributed by atoms with Gasteiger partial charge in [-0.1, -0.05) is 41.9 Å². The molecule has 2 N–H and O–H groups in total. The molecule has 0 spiro atoms. The Hall–Kier alpha value is -2.85. The van der Waals surface area contributed by atoms with E-state index in [1.165, 1.54) is 6.07 Å². The van der Waals surface area contributed by atoms with Crippen LogP contribution in [0.4, 0.5) is 4.39 Å². The number of benzene rings is 3. The van der Waals surface area contributed by atoms with Gasteiger partial charge in [0.25, 0.3) is 0 Å². The fourth-order valence-electron chi connectivity index (χ4n) is 3.47. The van der Waals surface area contributed by atoms with Crippen molar-refractivity contribution in [1.29, 1.82) is 0 Å². The van der Waals surface area contributed by atoms with Crippen LogP contribution in [-0.4, -0.2) is 10.5 Å². The number of nitrogens with zero attached hydrogens (tertiary/aromatic N) is 1. The molecule has 0 atom stereocenters. The monoisotopic (exact) mass is 366 g/mol. The average molecular weight is 367 g/mol. The van der Waals surface area contributed by atoms with Crippen LogP contribution in [0, 0.1) is 12.7 Å². The minimum Gasteiger partial charge on any atom is -0.366 e. The molecule has 26 heavy (non-hydrogen) atoms. The van der Waals surface area contributed by atoms with Crippen LogP contribution in [0.5, 0.6) is 0 Å². The first kappa shape index (κ1) is 16.6. The van der Waals surface area contributed by atoms with Crippen LogP contribution in [0.1, 0.15) is 21.5 Å². The SMILES string of the molecule is Cc1ccc2c3c(C(N)=O)cccc3n(Cc3cccc(Cl)c3F)c2c1. The topological polar surface area (TPSA) is 48.0 Å². The minimum absolute atomic E-state index is 0.0947. The largest absolute Gasteiger partial charge is 0.366 e. The number of aromatic nitrogens is 1. The van der Waals surface area contributed by atoms with Crippen LogP contribution < -0.4 is 5.73 Å². The number of aryl methyl sites for hydroxylation is 1. The van der Waals surface area contributed by atoms with Gasteiger partial charge in [0.1, 0.15) is 5.82 Å². The highest BCUT2D eigenvalue weighted by Gasteiger charge is 2.17. The van der Waals surface area contributed by atoms with Gasteiger partial charge in [-0.05, 0) is 36.8 Å². The lowest BCUT2D eigenvalue weighted by molar-refractivity contribution is 0.100. The molecule has 5 heteroatoms. The molecular formula is C21H16ClFN2O. The molecule has 0 saturated heterocycles. The molecule has 0 bridgehead atoms. The number of amides is 1. The van der Waals surface area contributed by atoms with Crippen molar-refractivity contribution in [1.82, 2.24) is 4.57 Å². The lowest BCUT2D eigenvalue weighted by Crippen LogP contribution is -2.11. The zero-order chi connectivity index (χ0) is 18.4. The average Bonchev–Trinajstić information content (AvgIpc) is 2.92. The van der Waals surface area contributed by atoms with Crippen molar-refractivity contribution in [2.75, 3.05) is 0 Å². The second kappa shape index (κ2) is 6.15. The number of halogens is 2. The summed E-state index contributed by atoms with van der Waals surface area (Å²) in [6.45, 7) is 2.30. The minimum atomic E-state index is -0.482. The van der Waals surface area contributed by atoms with Crippen LogP contribution in [0.25, 0.3) is 21.8 Å². The van der Waals surface area contributed by atoms with Crippen molar-refractivity contribution in [2.45, 2.75) is 13.5 Å². The first-order valence-electron chi connectivity index (χ1n) is 8.21. The first-order valence-corrected chi connectivity index (χ1v) is 8.59. The molecule has 3 nitrogen and oxygen atoms in total. The van der Waals surface area contributed by atoms with Crippen LogP contribution in [0.3, 0.4) is 0 Å². The van der Waals surface area contributed by atoms with Gasteiger partial charge in [-0.3, -0.25) is 4.79 Å². The number of carbonyl (C=O) groups excluding carboxylic acids is 1. The highest BCUT2D eigenvalue weighted by Crippen LogP contribution is 2.33. The highest BCUT2D eigenvalue weighted by molar-refractivity contribution is 6.30. The number of hydrogen-bond donors (Lipinski definition) is 1.